The summed E-state index contributed by atoms with van der Waals surface area (Å²) in [6.45, 7) is 4.57. The molecule has 0 saturated carbocycles. The largest absolute Gasteiger partial charge is 0.396 e. The molecule has 0 radical (unpaired) electrons. The molecule has 10 heavy (non-hydrogen) atoms. The van der Waals surface area contributed by atoms with Crippen LogP contribution >= 0.6 is 24.4 Å². The summed E-state index contributed by atoms with van der Waals surface area (Å²) in [5.74, 6) is 1.04. The number of rotatable bonds is 5. The van der Waals surface area contributed by atoms with Crippen LogP contribution in [0.5, 0.6) is 0 Å². The lowest BCUT2D eigenvalue weighted by molar-refractivity contribution is 0.296. The van der Waals surface area contributed by atoms with Crippen molar-refractivity contribution in [2.45, 2.75) is 30.8 Å². The van der Waals surface area contributed by atoms with E-state index in [9.17, 15) is 0 Å². The van der Waals surface area contributed by atoms with Crippen LogP contribution in [0.15, 0.2) is 0 Å². The lowest BCUT2D eigenvalue weighted by atomic mass is 10.4. The first kappa shape index (κ1) is 10.7. The minimum atomic E-state index is 0.306. The van der Waals surface area contributed by atoms with Crippen molar-refractivity contribution in [3.8, 4) is 0 Å². The highest BCUT2D eigenvalue weighted by atomic mass is 32.2. The van der Waals surface area contributed by atoms with Gasteiger partial charge in [-0.05, 0) is 12.2 Å². The van der Waals surface area contributed by atoms with Crippen LogP contribution < -0.4 is 0 Å². The van der Waals surface area contributed by atoms with Crippen molar-refractivity contribution in [2.24, 2.45) is 0 Å². The van der Waals surface area contributed by atoms with Gasteiger partial charge in [0.2, 0.25) is 0 Å². The number of aliphatic hydroxyl groups is 1. The first-order valence-electron chi connectivity index (χ1n) is 3.59. The van der Waals surface area contributed by atoms with E-state index in [0.29, 0.717) is 17.1 Å². The molecule has 1 N–H and O–H groups in total. The molecule has 3 heteroatoms. The molecule has 1 nitrogen and oxygen atoms in total. The standard InChI is InChI=1S/C7H16OS2/c1-6(9)7(2)10-5-3-4-8/h6-9H,3-5H2,1-2H3. The predicted octanol–water partition coefficient (Wildman–Crippen LogP) is 1.81. The third kappa shape index (κ3) is 5.45. The number of hydrogen-bond donors (Lipinski definition) is 2. The van der Waals surface area contributed by atoms with Crippen LogP contribution in [0.25, 0.3) is 0 Å². The topological polar surface area (TPSA) is 20.2 Å². The molecule has 0 aromatic heterocycles. The van der Waals surface area contributed by atoms with Gasteiger partial charge >= 0.3 is 0 Å². The van der Waals surface area contributed by atoms with E-state index in [4.69, 9.17) is 5.11 Å². The highest BCUT2D eigenvalue weighted by molar-refractivity contribution is 8.00. The second-order valence-electron chi connectivity index (χ2n) is 2.39. The number of thioether (sulfide) groups is 1. The molecule has 0 amide bonds. The second kappa shape index (κ2) is 6.38. The van der Waals surface area contributed by atoms with Gasteiger partial charge in [0.15, 0.2) is 0 Å². The van der Waals surface area contributed by atoms with Gasteiger partial charge in [0.1, 0.15) is 0 Å². The first-order chi connectivity index (χ1) is 4.68. The minimum Gasteiger partial charge on any atom is -0.396 e. The molecular weight excluding hydrogens is 164 g/mol. The van der Waals surface area contributed by atoms with Crippen LogP contribution in [0, 0.1) is 0 Å². The van der Waals surface area contributed by atoms with Gasteiger partial charge in [0.05, 0.1) is 0 Å². The summed E-state index contributed by atoms with van der Waals surface area (Å²) < 4.78 is 0. The van der Waals surface area contributed by atoms with Crippen LogP contribution in [0.3, 0.4) is 0 Å². The molecular formula is C7H16OS2. The summed E-state index contributed by atoms with van der Waals surface area (Å²) in [4.78, 5) is 0. The highest BCUT2D eigenvalue weighted by Crippen LogP contribution is 2.17. The molecule has 0 aliphatic carbocycles. The Morgan fingerprint density at radius 3 is 2.50 bits per heavy atom. The Hall–Kier alpha value is 0.660. The fourth-order valence-corrected chi connectivity index (χ4v) is 1.68. The van der Waals surface area contributed by atoms with Gasteiger partial charge in [-0.2, -0.15) is 24.4 Å². The van der Waals surface area contributed by atoms with Gasteiger partial charge in [-0.25, -0.2) is 0 Å². The van der Waals surface area contributed by atoms with E-state index in [1.165, 1.54) is 0 Å². The zero-order valence-corrected chi connectivity index (χ0v) is 8.29. The summed E-state index contributed by atoms with van der Waals surface area (Å²) in [7, 11) is 0. The van der Waals surface area contributed by atoms with E-state index < -0.39 is 0 Å². The van der Waals surface area contributed by atoms with Crippen molar-refractivity contribution in [3.05, 3.63) is 0 Å². The van der Waals surface area contributed by atoms with Gasteiger partial charge in [0, 0.05) is 17.1 Å². The molecule has 0 aliphatic heterocycles. The van der Waals surface area contributed by atoms with Crippen LogP contribution in [0.1, 0.15) is 20.3 Å². The molecule has 0 aromatic carbocycles. The maximum absolute atomic E-state index is 8.49. The monoisotopic (exact) mass is 180 g/mol. The van der Waals surface area contributed by atoms with E-state index in [0.717, 1.165) is 12.2 Å². The third-order valence-corrected chi connectivity index (χ3v) is 3.47. The minimum absolute atomic E-state index is 0.306. The normalized spacial score (nSPS) is 16.8. The SMILES string of the molecule is CC(S)C(C)SCCCO. The Morgan fingerprint density at radius 1 is 1.50 bits per heavy atom. The van der Waals surface area contributed by atoms with E-state index in [1.54, 1.807) is 0 Å². The molecule has 0 spiro atoms. The highest BCUT2D eigenvalue weighted by Gasteiger charge is 2.06. The quantitative estimate of drug-likeness (QED) is 0.497. The van der Waals surface area contributed by atoms with Crippen molar-refractivity contribution < 1.29 is 5.11 Å². The smallest absolute Gasteiger partial charge is 0.0438 e. The Balaban J connectivity index is 3.13. The van der Waals surface area contributed by atoms with Crippen molar-refractivity contribution in [2.75, 3.05) is 12.4 Å². The molecule has 0 aliphatic rings. The number of hydrogen-bond acceptors (Lipinski definition) is 3. The van der Waals surface area contributed by atoms with Gasteiger partial charge < -0.3 is 5.11 Å². The van der Waals surface area contributed by atoms with E-state index in [1.807, 2.05) is 11.8 Å². The Labute approximate surface area is 73.0 Å². The Kier molecular flexibility index (Phi) is 6.80. The summed E-state index contributed by atoms with van der Waals surface area (Å²) in [6.07, 6.45) is 0.898. The molecule has 62 valence electrons. The van der Waals surface area contributed by atoms with Crippen LogP contribution in [-0.2, 0) is 0 Å². The van der Waals surface area contributed by atoms with Crippen LogP contribution in [0.4, 0.5) is 0 Å². The lowest BCUT2D eigenvalue weighted by Gasteiger charge is -2.13. The van der Waals surface area contributed by atoms with Crippen LogP contribution in [-0.4, -0.2) is 28.0 Å². The second-order valence-corrected chi connectivity index (χ2v) is 4.69. The van der Waals surface area contributed by atoms with Crippen molar-refractivity contribution in [1.29, 1.82) is 0 Å². The van der Waals surface area contributed by atoms with Crippen molar-refractivity contribution in [3.63, 3.8) is 0 Å². The average Bonchev–Trinajstić information content (AvgIpc) is 1.88. The van der Waals surface area contributed by atoms with Crippen molar-refractivity contribution in [1.82, 2.24) is 0 Å². The molecule has 0 rings (SSSR count). The number of aliphatic hydroxyl groups excluding tert-OH is 1. The number of thiol groups is 1. The van der Waals surface area contributed by atoms with E-state index in [-0.39, 0.29) is 0 Å². The van der Waals surface area contributed by atoms with Crippen molar-refractivity contribution >= 4 is 24.4 Å². The zero-order chi connectivity index (χ0) is 7.98. The maximum Gasteiger partial charge on any atom is 0.0438 e. The zero-order valence-electron chi connectivity index (χ0n) is 6.58. The van der Waals surface area contributed by atoms with Gasteiger partial charge in [-0.1, -0.05) is 13.8 Å². The Morgan fingerprint density at radius 2 is 2.10 bits per heavy atom. The molecule has 0 fully saturated rings. The summed E-state index contributed by atoms with van der Waals surface area (Å²) in [5, 5.41) is 9.53. The summed E-state index contributed by atoms with van der Waals surface area (Å²) in [5.41, 5.74) is 0. The third-order valence-electron chi connectivity index (χ3n) is 1.36. The molecule has 0 saturated heterocycles. The summed E-state index contributed by atoms with van der Waals surface area (Å²) in [6, 6.07) is 0. The molecule has 2 unspecified atom stereocenters. The van der Waals surface area contributed by atoms with E-state index >= 15 is 0 Å². The van der Waals surface area contributed by atoms with Gasteiger partial charge in [-0.3, -0.25) is 0 Å². The predicted molar refractivity (Wildman–Crippen MR) is 52.1 cm³/mol. The van der Waals surface area contributed by atoms with E-state index in [2.05, 4.69) is 26.5 Å². The summed E-state index contributed by atoms with van der Waals surface area (Å²) >= 11 is 6.18. The van der Waals surface area contributed by atoms with Gasteiger partial charge in [0.25, 0.3) is 0 Å². The molecule has 2 atom stereocenters. The maximum atomic E-state index is 8.49. The van der Waals surface area contributed by atoms with Crippen LogP contribution in [0.2, 0.25) is 0 Å². The first-order valence-corrected chi connectivity index (χ1v) is 5.15. The molecule has 0 heterocycles. The van der Waals surface area contributed by atoms with Gasteiger partial charge in [-0.15, -0.1) is 0 Å². The molecule has 0 aromatic rings. The fourth-order valence-electron chi connectivity index (χ4n) is 0.473. The fraction of sp³-hybridized carbons (Fsp3) is 1.00. The lowest BCUT2D eigenvalue weighted by Crippen LogP contribution is -2.10. The Bertz CT molecular complexity index is 76.0. The average molecular weight is 180 g/mol. The molecule has 0 bridgehead atoms.